The van der Waals surface area contributed by atoms with Crippen LogP contribution in [0.5, 0.6) is 23.0 Å². The summed E-state index contributed by atoms with van der Waals surface area (Å²) in [6.07, 6.45) is 0. The van der Waals surface area contributed by atoms with Gasteiger partial charge in [0.1, 0.15) is 23.0 Å². The monoisotopic (exact) mass is 798 g/mol. The lowest BCUT2D eigenvalue weighted by Crippen LogP contribution is -2.02. The molecule has 58 heavy (non-hydrogen) atoms. The van der Waals surface area contributed by atoms with E-state index in [-0.39, 0.29) is 19.6 Å². The molecule has 0 radical (unpaired) electrons. The quantitative estimate of drug-likeness (QED) is 0.129. The van der Waals surface area contributed by atoms with Crippen LogP contribution in [-0.2, 0) is 19.7 Å². The maximum absolute atomic E-state index is 13.3. The zero-order valence-corrected chi connectivity index (χ0v) is 33.4. The van der Waals surface area contributed by atoms with E-state index in [0.717, 1.165) is 44.5 Å². The number of benzene rings is 8. The lowest BCUT2D eigenvalue weighted by molar-refractivity contribution is 0.483. The second-order valence-corrected chi connectivity index (χ2v) is 17.8. The first-order valence-corrected chi connectivity index (χ1v) is 21.6. The normalized spacial score (nSPS) is 11.6. The third-order valence-electron chi connectivity index (χ3n) is 9.85. The molecular weight excluding hydrogens is 761 g/mol. The van der Waals surface area contributed by atoms with Gasteiger partial charge in [-0.2, -0.15) is 0 Å². The lowest BCUT2D eigenvalue weighted by atomic mass is 9.95. The first-order valence-electron chi connectivity index (χ1n) is 18.6. The van der Waals surface area contributed by atoms with Gasteiger partial charge in [-0.05, 0) is 133 Å². The predicted molar refractivity (Wildman–Crippen MR) is 229 cm³/mol. The topological polar surface area (TPSA) is 86.7 Å². The van der Waals surface area contributed by atoms with Crippen LogP contribution in [0.4, 0.5) is 0 Å². The minimum Gasteiger partial charge on any atom is -0.457 e. The molecule has 0 saturated carbocycles. The third kappa shape index (κ3) is 8.07. The van der Waals surface area contributed by atoms with Gasteiger partial charge in [0.25, 0.3) is 0 Å². The summed E-state index contributed by atoms with van der Waals surface area (Å²) in [5, 5.41) is 0. The first-order chi connectivity index (χ1) is 28.0. The highest BCUT2D eigenvalue weighted by Crippen LogP contribution is 2.41. The van der Waals surface area contributed by atoms with Gasteiger partial charge < -0.3 is 9.47 Å². The molecule has 6 nitrogen and oxygen atoms in total. The van der Waals surface area contributed by atoms with Crippen molar-refractivity contribution in [1.29, 1.82) is 0 Å². The first kappa shape index (κ1) is 38.1. The average Bonchev–Trinajstić information content (AvgIpc) is 3.25. The zero-order chi connectivity index (χ0) is 40.3. The van der Waals surface area contributed by atoms with Gasteiger partial charge in [-0.1, -0.05) is 108 Å². The zero-order valence-electron chi connectivity index (χ0n) is 31.7. The van der Waals surface area contributed by atoms with Crippen LogP contribution in [0.25, 0.3) is 33.4 Å². The highest BCUT2D eigenvalue weighted by Gasteiger charge is 2.20. The van der Waals surface area contributed by atoms with Crippen LogP contribution in [0.1, 0.15) is 11.1 Å². The minimum absolute atomic E-state index is 0.187. The summed E-state index contributed by atoms with van der Waals surface area (Å²) in [4.78, 5) is 0.855. The third-order valence-corrected chi connectivity index (χ3v) is 13.4. The van der Waals surface area contributed by atoms with Gasteiger partial charge in [0, 0.05) is 11.1 Å². The Morgan fingerprint density at radius 2 is 0.638 bits per heavy atom. The Hall–Kier alpha value is -6.74. The molecule has 0 aliphatic heterocycles. The molecule has 0 fully saturated rings. The van der Waals surface area contributed by atoms with Crippen molar-refractivity contribution < 1.29 is 26.3 Å². The van der Waals surface area contributed by atoms with Crippen LogP contribution in [0.2, 0.25) is 0 Å². The van der Waals surface area contributed by atoms with Crippen LogP contribution in [0, 0.1) is 13.8 Å². The Kier molecular flexibility index (Phi) is 10.5. The summed E-state index contributed by atoms with van der Waals surface area (Å²) in [5.74, 6) is 2.23. The fourth-order valence-electron chi connectivity index (χ4n) is 6.62. The van der Waals surface area contributed by atoms with Crippen LogP contribution in [-0.4, -0.2) is 16.8 Å². The Balaban J connectivity index is 1.10. The summed E-state index contributed by atoms with van der Waals surface area (Å²) in [6, 6.07) is 58.5. The molecular formula is C50H38O6S2. The molecule has 0 unspecified atom stereocenters. The molecule has 0 heterocycles. The Labute approximate surface area is 339 Å². The molecule has 0 bridgehead atoms. The molecule has 8 heteroatoms. The number of ether oxygens (including phenoxy) is 2. The minimum atomic E-state index is -3.68. The van der Waals surface area contributed by atoms with Crippen LogP contribution in [0.15, 0.2) is 214 Å². The predicted octanol–water partition coefficient (Wildman–Crippen LogP) is 12.6. The van der Waals surface area contributed by atoms with Crippen molar-refractivity contribution in [3.8, 4) is 56.4 Å². The van der Waals surface area contributed by atoms with E-state index >= 15 is 0 Å². The fraction of sp³-hybridized carbons (Fsp3) is 0.0400. The van der Waals surface area contributed by atoms with Gasteiger partial charge >= 0.3 is 0 Å². The van der Waals surface area contributed by atoms with Gasteiger partial charge in [-0.25, -0.2) is 16.8 Å². The van der Waals surface area contributed by atoms with Crippen molar-refractivity contribution in [3.63, 3.8) is 0 Å². The van der Waals surface area contributed by atoms with E-state index < -0.39 is 19.7 Å². The Bertz CT molecular complexity index is 2720. The van der Waals surface area contributed by atoms with Crippen molar-refractivity contribution in [1.82, 2.24) is 0 Å². The van der Waals surface area contributed by atoms with Crippen LogP contribution >= 0.6 is 0 Å². The summed E-state index contributed by atoms with van der Waals surface area (Å²) >= 11 is 0. The van der Waals surface area contributed by atoms with Crippen molar-refractivity contribution in [3.05, 3.63) is 205 Å². The summed E-state index contributed by atoms with van der Waals surface area (Å²) < 4.78 is 66.0. The molecule has 8 aromatic rings. The molecule has 286 valence electrons. The van der Waals surface area contributed by atoms with Gasteiger partial charge in [0.05, 0.1) is 19.6 Å². The molecule has 8 rings (SSSR count). The van der Waals surface area contributed by atoms with Gasteiger partial charge in [0.2, 0.25) is 19.7 Å². The van der Waals surface area contributed by atoms with Crippen molar-refractivity contribution in [2.45, 2.75) is 33.4 Å². The second kappa shape index (κ2) is 16.0. The van der Waals surface area contributed by atoms with E-state index in [1.807, 2.05) is 98.8 Å². The molecule has 0 atom stereocenters. The Morgan fingerprint density at radius 3 is 0.966 bits per heavy atom. The van der Waals surface area contributed by atoms with E-state index in [4.69, 9.17) is 9.47 Å². The number of sulfone groups is 2. The molecule has 0 N–H and O–H groups in total. The highest BCUT2D eigenvalue weighted by atomic mass is 32.2. The average molecular weight is 799 g/mol. The van der Waals surface area contributed by atoms with E-state index in [2.05, 4.69) is 12.1 Å². The number of aryl methyl sites for hydroxylation is 2. The van der Waals surface area contributed by atoms with E-state index in [1.54, 1.807) is 97.1 Å². The van der Waals surface area contributed by atoms with Gasteiger partial charge in [-0.3, -0.25) is 0 Å². The molecule has 0 aliphatic carbocycles. The summed E-state index contributed by atoms with van der Waals surface area (Å²) in [5.41, 5.74) is 7.48. The van der Waals surface area contributed by atoms with Crippen molar-refractivity contribution >= 4 is 19.7 Å². The van der Waals surface area contributed by atoms with E-state index in [9.17, 15) is 16.8 Å². The molecule has 0 saturated heterocycles. The number of rotatable bonds is 11. The summed E-state index contributed by atoms with van der Waals surface area (Å²) in [7, 11) is -7.36. The molecule has 0 amide bonds. The second-order valence-electron chi connectivity index (χ2n) is 13.9. The lowest BCUT2D eigenvalue weighted by Gasteiger charge is -2.16. The fourth-order valence-corrected chi connectivity index (χ4v) is 9.14. The summed E-state index contributed by atoms with van der Waals surface area (Å²) in [6.45, 7) is 3.83. The highest BCUT2D eigenvalue weighted by molar-refractivity contribution is 7.91. The number of hydrogen-bond acceptors (Lipinski definition) is 6. The van der Waals surface area contributed by atoms with Crippen molar-refractivity contribution in [2.75, 3.05) is 0 Å². The molecule has 0 aromatic heterocycles. The standard InChI is InChI=1S/C50H38O6S2/c1-35-13-23-43(24-14-35)57(51,52)45-27-19-41(20-28-45)55-49-31-17-39(33-47(49)37-9-5-3-6-10-37)40-18-32-50(48(34-40)38-11-7-4-8-12-38)56-42-21-29-46(30-22-42)58(53,54)44-25-15-36(2)16-26-44/h3-34H,1-2H3. The van der Waals surface area contributed by atoms with Gasteiger partial charge in [-0.15, -0.1) is 0 Å². The molecule has 0 aliphatic rings. The van der Waals surface area contributed by atoms with E-state index in [0.29, 0.717) is 23.0 Å². The Morgan fingerprint density at radius 1 is 0.328 bits per heavy atom. The smallest absolute Gasteiger partial charge is 0.206 e. The molecule has 0 spiro atoms. The van der Waals surface area contributed by atoms with Crippen LogP contribution in [0.3, 0.4) is 0 Å². The van der Waals surface area contributed by atoms with E-state index in [1.165, 1.54) is 0 Å². The van der Waals surface area contributed by atoms with Crippen molar-refractivity contribution in [2.24, 2.45) is 0 Å². The largest absolute Gasteiger partial charge is 0.457 e. The van der Waals surface area contributed by atoms with Crippen LogP contribution < -0.4 is 9.47 Å². The SMILES string of the molecule is Cc1ccc(S(=O)(=O)c2ccc(Oc3ccc(-c4ccc(Oc5ccc(S(=O)(=O)c6ccc(C)cc6)cc5)c(-c5ccccc5)c4)cc3-c3ccccc3)cc2)cc1. The maximum atomic E-state index is 13.3. The molecule has 8 aromatic carbocycles. The van der Waals surface area contributed by atoms with Gasteiger partial charge in [0.15, 0.2) is 0 Å². The number of hydrogen-bond donors (Lipinski definition) is 0. The maximum Gasteiger partial charge on any atom is 0.206 e.